The predicted molar refractivity (Wildman–Crippen MR) is 78.8 cm³/mol. The molecule has 0 fully saturated rings. The molecule has 1 atom stereocenters. The van der Waals surface area contributed by atoms with Gasteiger partial charge in [0, 0.05) is 24.3 Å². The van der Waals surface area contributed by atoms with E-state index in [1.807, 2.05) is 24.3 Å². The zero-order valence-corrected chi connectivity index (χ0v) is 11.5. The normalized spacial score (nSPS) is 17.4. The van der Waals surface area contributed by atoms with Crippen molar-refractivity contribution in [2.45, 2.75) is 12.5 Å². The van der Waals surface area contributed by atoms with Crippen LogP contribution in [0.3, 0.4) is 0 Å². The number of carbonyl (C=O) groups is 1. The van der Waals surface area contributed by atoms with Gasteiger partial charge in [0.2, 0.25) is 5.91 Å². The lowest BCUT2D eigenvalue weighted by Gasteiger charge is -2.25. The molecule has 0 radical (unpaired) electrons. The van der Waals surface area contributed by atoms with Gasteiger partial charge in [-0.1, -0.05) is 35.9 Å². The minimum Gasteiger partial charge on any atom is -0.312 e. The van der Waals surface area contributed by atoms with Gasteiger partial charge in [0.25, 0.3) is 0 Å². The Hall–Kier alpha value is -1.91. The second-order valence-electron chi connectivity index (χ2n) is 4.73. The molecule has 0 aliphatic carbocycles. The molecule has 1 unspecified atom stereocenters. The molecule has 0 saturated carbocycles. The fourth-order valence-corrected chi connectivity index (χ4v) is 2.58. The maximum atomic E-state index is 12.4. The van der Waals surface area contributed by atoms with Crippen LogP contribution in [0.2, 0.25) is 5.02 Å². The number of hydrogen-bond acceptors (Lipinski definition) is 3. The van der Waals surface area contributed by atoms with E-state index in [0.29, 0.717) is 17.4 Å². The summed E-state index contributed by atoms with van der Waals surface area (Å²) in [6, 6.07) is 11.3. The number of rotatable bonds is 2. The number of halogens is 1. The number of hydrogen-bond donors (Lipinski definition) is 2. The minimum atomic E-state index is -0.208. The van der Waals surface area contributed by atoms with Gasteiger partial charge in [0.1, 0.15) is 5.82 Å². The number of fused-ring (bicyclic) bond motifs is 1. The average Bonchev–Trinajstić information content (AvgIpc) is 2.46. The van der Waals surface area contributed by atoms with E-state index in [4.69, 9.17) is 11.6 Å². The van der Waals surface area contributed by atoms with Gasteiger partial charge >= 0.3 is 0 Å². The highest BCUT2D eigenvalue weighted by Gasteiger charge is 2.26. The summed E-state index contributed by atoms with van der Waals surface area (Å²) in [5.74, 6) is 0.200. The summed E-state index contributed by atoms with van der Waals surface area (Å²) in [4.78, 5) is 16.5. The smallest absolute Gasteiger partial charge is 0.234 e. The summed E-state index contributed by atoms with van der Waals surface area (Å²) in [6.07, 6.45) is 1.57. The molecule has 2 N–H and O–H groups in total. The van der Waals surface area contributed by atoms with Gasteiger partial charge in [-0.3, -0.25) is 4.79 Å². The molecule has 0 spiro atoms. The van der Waals surface area contributed by atoms with E-state index in [-0.39, 0.29) is 11.8 Å². The molecule has 0 saturated heterocycles. The van der Waals surface area contributed by atoms with Crippen molar-refractivity contribution in [1.29, 1.82) is 0 Å². The van der Waals surface area contributed by atoms with Crippen LogP contribution in [0.1, 0.15) is 17.0 Å². The molecule has 4 nitrogen and oxygen atoms in total. The van der Waals surface area contributed by atoms with Crippen LogP contribution < -0.4 is 10.6 Å². The number of amides is 1. The van der Waals surface area contributed by atoms with Crippen molar-refractivity contribution >= 4 is 23.3 Å². The van der Waals surface area contributed by atoms with Crippen LogP contribution in [0.15, 0.2) is 42.6 Å². The fourth-order valence-electron chi connectivity index (χ4n) is 2.42. The quantitative estimate of drug-likeness (QED) is 0.892. The van der Waals surface area contributed by atoms with Crippen LogP contribution in [-0.4, -0.2) is 17.4 Å². The van der Waals surface area contributed by atoms with Gasteiger partial charge < -0.3 is 10.6 Å². The largest absolute Gasteiger partial charge is 0.312 e. The van der Waals surface area contributed by atoms with Crippen LogP contribution in [0.25, 0.3) is 0 Å². The topological polar surface area (TPSA) is 54.0 Å². The third kappa shape index (κ3) is 2.66. The van der Waals surface area contributed by atoms with Crippen LogP contribution in [0, 0.1) is 0 Å². The minimum absolute atomic E-state index is 0.0700. The van der Waals surface area contributed by atoms with Crippen LogP contribution in [-0.2, 0) is 11.3 Å². The molecule has 20 heavy (non-hydrogen) atoms. The Kier molecular flexibility index (Phi) is 3.67. The van der Waals surface area contributed by atoms with Crippen LogP contribution in [0.4, 0.5) is 5.82 Å². The number of aromatic nitrogens is 1. The number of carbonyl (C=O) groups excluding carboxylic acids is 1. The Morgan fingerprint density at radius 3 is 3.05 bits per heavy atom. The fraction of sp³-hybridized carbons (Fsp3) is 0.200. The van der Waals surface area contributed by atoms with E-state index in [2.05, 4.69) is 15.6 Å². The highest BCUT2D eigenvalue weighted by molar-refractivity contribution is 6.30. The maximum absolute atomic E-state index is 12.4. The SMILES string of the molecule is O=C(Nc1cc(Cl)ccn1)C1CNCc2ccccc21. The van der Waals surface area contributed by atoms with Crippen molar-refractivity contribution in [1.82, 2.24) is 10.3 Å². The lowest BCUT2D eigenvalue weighted by molar-refractivity contribution is -0.117. The van der Waals surface area contributed by atoms with Crippen molar-refractivity contribution in [2.75, 3.05) is 11.9 Å². The third-order valence-electron chi connectivity index (χ3n) is 3.38. The van der Waals surface area contributed by atoms with Crippen molar-refractivity contribution < 1.29 is 4.79 Å². The van der Waals surface area contributed by atoms with Crippen LogP contribution >= 0.6 is 11.6 Å². The molecule has 2 aromatic rings. The van der Waals surface area contributed by atoms with Gasteiger partial charge in [-0.05, 0) is 23.3 Å². The van der Waals surface area contributed by atoms with E-state index in [1.54, 1.807) is 18.3 Å². The second-order valence-corrected chi connectivity index (χ2v) is 5.17. The first-order chi connectivity index (χ1) is 9.74. The monoisotopic (exact) mass is 287 g/mol. The average molecular weight is 288 g/mol. The number of pyridine rings is 1. The molecule has 0 bridgehead atoms. The van der Waals surface area contributed by atoms with Crippen LogP contribution in [0.5, 0.6) is 0 Å². The Morgan fingerprint density at radius 2 is 2.20 bits per heavy atom. The molecule has 1 amide bonds. The predicted octanol–water partition coefficient (Wildman–Crippen LogP) is 2.56. The lowest BCUT2D eigenvalue weighted by atomic mass is 9.90. The Bertz CT molecular complexity index is 645. The van der Waals surface area contributed by atoms with E-state index < -0.39 is 0 Å². The van der Waals surface area contributed by atoms with E-state index in [0.717, 1.165) is 17.7 Å². The summed E-state index contributed by atoms with van der Waals surface area (Å²) in [7, 11) is 0. The first kappa shape index (κ1) is 13.1. The maximum Gasteiger partial charge on any atom is 0.234 e. The molecule has 2 heterocycles. The highest BCUT2D eigenvalue weighted by atomic mass is 35.5. The number of nitrogens with zero attached hydrogens (tertiary/aromatic N) is 1. The van der Waals surface area contributed by atoms with Crippen molar-refractivity contribution in [3.05, 3.63) is 58.7 Å². The van der Waals surface area contributed by atoms with E-state index in [1.165, 1.54) is 0 Å². The van der Waals surface area contributed by atoms with Gasteiger partial charge in [0.15, 0.2) is 0 Å². The van der Waals surface area contributed by atoms with Crippen molar-refractivity contribution in [3.8, 4) is 0 Å². The molecule has 102 valence electrons. The third-order valence-corrected chi connectivity index (χ3v) is 3.62. The van der Waals surface area contributed by atoms with E-state index >= 15 is 0 Å². The van der Waals surface area contributed by atoms with Gasteiger partial charge in [-0.2, -0.15) is 0 Å². The van der Waals surface area contributed by atoms with Gasteiger partial charge in [-0.15, -0.1) is 0 Å². The first-order valence-corrected chi connectivity index (χ1v) is 6.83. The zero-order chi connectivity index (χ0) is 13.9. The summed E-state index contributed by atoms with van der Waals surface area (Å²) >= 11 is 5.89. The second kappa shape index (κ2) is 5.61. The molecule has 1 aliphatic rings. The summed E-state index contributed by atoms with van der Waals surface area (Å²) in [5, 5.41) is 6.63. The Morgan fingerprint density at radius 1 is 1.35 bits per heavy atom. The molecule has 3 rings (SSSR count). The zero-order valence-electron chi connectivity index (χ0n) is 10.8. The Balaban J connectivity index is 1.82. The first-order valence-electron chi connectivity index (χ1n) is 6.45. The lowest BCUT2D eigenvalue weighted by Crippen LogP contribution is -2.35. The standard InChI is InChI=1S/C15H14ClN3O/c16-11-5-6-18-14(7-11)19-15(20)13-9-17-8-10-3-1-2-4-12(10)13/h1-7,13,17H,8-9H2,(H,18,19,20). The number of anilines is 1. The Labute approximate surface area is 122 Å². The van der Waals surface area contributed by atoms with Gasteiger partial charge in [0.05, 0.1) is 5.92 Å². The molecule has 1 aromatic heterocycles. The molecular weight excluding hydrogens is 274 g/mol. The number of benzene rings is 1. The highest BCUT2D eigenvalue weighted by Crippen LogP contribution is 2.25. The van der Waals surface area contributed by atoms with E-state index in [9.17, 15) is 4.79 Å². The number of nitrogens with one attached hydrogen (secondary N) is 2. The van der Waals surface area contributed by atoms with Gasteiger partial charge in [-0.25, -0.2) is 4.98 Å². The summed E-state index contributed by atoms with van der Waals surface area (Å²) in [5.41, 5.74) is 2.24. The van der Waals surface area contributed by atoms with Crippen molar-refractivity contribution in [3.63, 3.8) is 0 Å². The summed E-state index contributed by atoms with van der Waals surface area (Å²) in [6.45, 7) is 1.43. The summed E-state index contributed by atoms with van der Waals surface area (Å²) < 4.78 is 0. The van der Waals surface area contributed by atoms with Crippen molar-refractivity contribution in [2.24, 2.45) is 0 Å². The molecule has 5 heteroatoms. The molecule has 1 aliphatic heterocycles. The molecule has 1 aromatic carbocycles. The molecular formula is C15H14ClN3O.